The standard InChI is InChI=1S/C24H23N7O4.C2H4O2/c1-33-19-11-16(10-17-12-34-13-35-21(17)19)18(9-14-4-6-15(7-5-14)22(25)26)23-28-24(32)31(30-23)20-3-2-8-27-29-20;1-2(3)4/h2-8,10-11,18H,9,12-13H2,1H3,(H3,25,26)(H,28,30,32);1H3,(H,3,4). The zero-order chi connectivity index (χ0) is 27.9. The van der Waals surface area contributed by atoms with Gasteiger partial charge in [0.25, 0.3) is 5.97 Å². The first-order valence-corrected chi connectivity index (χ1v) is 11.8. The Hall–Kier alpha value is -5.04. The molecule has 5 N–H and O–H groups in total. The molecule has 0 radical (unpaired) electrons. The van der Waals surface area contributed by atoms with Gasteiger partial charge >= 0.3 is 5.69 Å². The Bertz CT molecular complexity index is 1500. The SMILES string of the molecule is CC(=O)O.COc1cc(C(Cc2ccc(C(=N)N)cc2)c2nn(-c3cccnn3)c(=O)[nH]2)cc2c1OCOC2. The van der Waals surface area contributed by atoms with Gasteiger partial charge in [-0.05, 0) is 41.8 Å². The molecule has 0 aliphatic carbocycles. The van der Waals surface area contributed by atoms with Gasteiger partial charge in [0.05, 0.1) is 13.7 Å². The third-order valence-electron chi connectivity index (χ3n) is 5.77. The number of ether oxygens (including phenoxy) is 3. The van der Waals surface area contributed by atoms with Crippen LogP contribution in [-0.2, 0) is 22.6 Å². The quantitative estimate of drug-likeness (QED) is 0.202. The van der Waals surface area contributed by atoms with E-state index in [-0.39, 0.29) is 18.5 Å². The zero-order valence-electron chi connectivity index (χ0n) is 21.2. The van der Waals surface area contributed by atoms with Crippen molar-refractivity contribution in [2.45, 2.75) is 25.9 Å². The first kappa shape index (κ1) is 27.0. The molecule has 13 nitrogen and oxygen atoms in total. The summed E-state index contributed by atoms with van der Waals surface area (Å²) in [5, 5.41) is 27.4. The fraction of sp³-hybridized carbons (Fsp3) is 0.231. The number of rotatable bonds is 7. The van der Waals surface area contributed by atoms with Gasteiger partial charge in [-0.15, -0.1) is 10.2 Å². The minimum atomic E-state index is -0.833. The van der Waals surface area contributed by atoms with Crippen molar-refractivity contribution in [2.75, 3.05) is 13.9 Å². The first-order chi connectivity index (χ1) is 18.8. The molecule has 0 saturated carbocycles. The number of nitrogen functional groups attached to an aromatic ring is 1. The molecule has 3 heterocycles. The van der Waals surface area contributed by atoms with Gasteiger partial charge in [-0.1, -0.05) is 24.3 Å². The van der Waals surface area contributed by atoms with E-state index in [1.54, 1.807) is 31.4 Å². The number of nitrogens with one attached hydrogen (secondary N) is 2. The molecule has 0 bridgehead atoms. The third kappa shape index (κ3) is 6.45. The Morgan fingerprint density at radius 1 is 1.28 bits per heavy atom. The fourth-order valence-corrected chi connectivity index (χ4v) is 4.05. The maximum Gasteiger partial charge on any atom is 0.349 e. The maximum absolute atomic E-state index is 12.8. The summed E-state index contributed by atoms with van der Waals surface area (Å²) >= 11 is 0. The molecular weight excluding hydrogens is 506 g/mol. The second-order valence-electron chi connectivity index (χ2n) is 8.52. The Morgan fingerprint density at radius 2 is 2.03 bits per heavy atom. The van der Waals surface area contributed by atoms with Crippen LogP contribution in [-0.4, -0.2) is 55.8 Å². The maximum atomic E-state index is 12.8. The molecule has 0 spiro atoms. The number of aliphatic carboxylic acids is 1. The van der Waals surface area contributed by atoms with Crippen molar-refractivity contribution in [3.63, 3.8) is 0 Å². The lowest BCUT2D eigenvalue weighted by molar-refractivity contribution is -0.134. The van der Waals surface area contributed by atoms with Crippen LogP contribution in [0.15, 0.2) is 59.5 Å². The van der Waals surface area contributed by atoms with Crippen molar-refractivity contribution in [1.82, 2.24) is 25.0 Å². The normalized spacial score (nSPS) is 12.8. The first-order valence-electron chi connectivity index (χ1n) is 11.8. The Labute approximate surface area is 222 Å². The Kier molecular flexibility index (Phi) is 8.31. The van der Waals surface area contributed by atoms with Crippen LogP contribution in [0.1, 0.15) is 40.9 Å². The van der Waals surface area contributed by atoms with Gasteiger partial charge in [0.1, 0.15) is 11.7 Å². The van der Waals surface area contributed by atoms with Crippen molar-refractivity contribution in [1.29, 1.82) is 5.41 Å². The number of carbonyl (C=O) groups is 1. The number of aromatic nitrogens is 5. The van der Waals surface area contributed by atoms with E-state index in [2.05, 4.69) is 20.3 Å². The lowest BCUT2D eigenvalue weighted by Gasteiger charge is -2.23. The average Bonchev–Trinajstić information content (AvgIpc) is 3.32. The van der Waals surface area contributed by atoms with Gasteiger partial charge in [0.2, 0.25) is 0 Å². The lowest BCUT2D eigenvalue weighted by Crippen LogP contribution is -2.17. The van der Waals surface area contributed by atoms with Gasteiger partial charge in [0.15, 0.2) is 24.1 Å². The minimum Gasteiger partial charge on any atom is -0.493 e. The summed E-state index contributed by atoms with van der Waals surface area (Å²) in [5.41, 5.74) is 8.50. The Morgan fingerprint density at radius 3 is 2.67 bits per heavy atom. The van der Waals surface area contributed by atoms with Gasteiger partial charge in [0, 0.05) is 30.2 Å². The number of hydrogen-bond donors (Lipinski definition) is 4. The van der Waals surface area contributed by atoms with Crippen LogP contribution >= 0.6 is 0 Å². The molecule has 2 aromatic carbocycles. The van der Waals surface area contributed by atoms with Crippen LogP contribution < -0.4 is 20.9 Å². The van der Waals surface area contributed by atoms with Gasteiger partial charge in [-0.25, -0.2) is 4.79 Å². The number of hydrogen-bond acceptors (Lipinski definition) is 9. The molecule has 2 aromatic heterocycles. The predicted octanol–water partition coefficient (Wildman–Crippen LogP) is 1.98. The number of benzene rings is 2. The zero-order valence-corrected chi connectivity index (χ0v) is 21.2. The molecule has 1 atom stereocenters. The smallest absolute Gasteiger partial charge is 0.349 e. The van der Waals surface area contributed by atoms with E-state index in [9.17, 15) is 4.79 Å². The lowest BCUT2D eigenvalue weighted by atomic mass is 9.89. The van der Waals surface area contributed by atoms with Crippen LogP contribution in [0.5, 0.6) is 11.5 Å². The number of methoxy groups -OCH3 is 1. The summed E-state index contributed by atoms with van der Waals surface area (Å²) in [6.07, 6.45) is 2.04. The van der Waals surface area contributed by atoms with Crippen molar-refractivity contribution >= 4 is 11.8 Å². The van der Waals surface area contributed by atoms with Crippen molar-refractivity contribution < 1.29 is 24.1 Å². The van der Waals surface area contributed by atoms with E-state index in [1.807, 2.05) is 24.3 Å². The molecule has 1 aliphatic heterocycles. The van der Waals surface area contributed by atoms with E-state index in [0.29, 0.717) is 41.7 Å². The number of nitrogens with two attached hydrogens (primary N) is 1. The summed E-state index contributed by atoms with van der Waals surface area (Å²) < 4.78 is 17.9. The number of carboxylic acid groups (broad SMARTS) is 1. The summed E-state index contributed by atoms with van der Waals surface area (Å²) in [6, 6.07) is 14.6. The highest BCUT2D eigenvalue weighted by atomic mass is 16.7. The van der Waals surface area contributed by atoms with Crippen LogP contribution in [0.4, 0.5) is 0 Å². The van der Waals surface area contributed by atoms with Crippen LogP contribution in [0.2, 0.25) is 0 Å². The van der Waals surface area contributed by atoms with Crippen LogP contribution in [0, 0.1) is 5.41 Å². The molecule has 13 heteroatoms. The molecule has 1 unspecified atom stereocenters. The minimum absolute atomic E-state index is 0.000401. The summed E-state index contributed by atoms with van der Waals surface area (Å²) in [6.45, 7) is 1.62. The van der Waals surface area contributed by atoms with Gasteiger partial charge < -0.3 is 25.1 Å². The monoisotopic (exact) mass is 533 g/mol. The number of fused-ring (bicyclic) bond motifs is 1. The Balaban J connectivity index is 0.000000826. The average molecular weight is 534 g/mol. The number of amidine groups is 1. The summed E-state index contributed by atoms with van der Waals surface area (Å²) in [5.74, 6) is 0.814. The largest absolute Gasteiger partial charge is 0.493 e. The number of carboxylic acids is 1. The molecule has 4 aromatic rings. The van der Waals surface area contributed by atoms with E-state index >= 15 is 0 Å². The molecule has 1 aliphatic rings. The second kappa shape index (κ2) is 12.0. The molecule has 0 amide bonds. The second-order valence-corrected chi connectivity index (χ2v) is 8.52. The highest BCUT2D eigenvalue weighted by Crippen LogP contribution is 2.39. The summed E-state index contributed by atoms with van der Waals surface area (Å²) in [4.78, 5) is 24.7. The van der Waals surface area contributed by atoms with Crippen LogP contribution in [0.3, 0.4) is 0 Å². The highest BCUT2D eigenvalue weighted by molar-refractivity contribution is 5.94. The molecule has 202 valence electrons. The van der Waals surface area contributed by atoms with E-state index < -0.39 is 11.7 Å². The third-order valence-corrected chi connectivity index (χ3v) is 5.77. The molecule has 39 heavy (non-hydrogen) atoms. The van der Waals surface area contributed by atoms with Crippen molar-refractivity contribution in [3.8, 4) is 17.3 Å². The molecule has 5 rings (SSSR count). The van der Waals surface area contributed by atoms with E-state index in [4.69, 9.17) is 35.3 Å². The highest BCUT2D eigenvalue weighted by Gasteiger charge is 2.25. The van der Waals surface area contributed by atoms with Crippen molar-refractivity contribution in [3.05, 3.63) is 93.3 Å². The molecular formula is C26H27N7O6. The fourth-order valence-electron chi connectivity index (χ4n) is 4.05. The van der Waals surface area contributed by atoms with E-state index in [0.717, 1.165) is 23.6 Å². The number of aromatic amines is 1. The number of H-pyrrole nitrogens is 1. The van der Waals surface area contributed by atoms with Gasteiger partial charge in [-0.2, -0.15) is 9.78 Å². The summed E-state index contributed by atoms with van der Waals surface area (Å²) in [7, 11) is 1.58. The molecule has 0 saturated heterocycles. The van der Waals surface area contributed by atoms with Crippen LogP contribution in [0.25, 0.3) is 5.82 Å². The molecule has 0 fully saturated rings. The van der Waals surface area contributed by atoms with Crippen molar-refractivity contribution in [2.24, 2.45) is 5.73 Å². The van der Waals surface area contributed by atoms with E-state index in [1.165, 1.54) is 10.9 Å². The van der Waals surface area contributed by atoms with Gasteiger partial charge in [-0.3, -0.25) is 15.2 Å². The topological polar surface area (TPSA) is 191 Å². The number of nitrogens with zero attached hydrogens (tertiary/aromatic N) is 4. The predicted molar refractivity (Wildman–Crippen MR) is 139 cm³/mol.